The molecule has 0 spiro atoms. The summed E-state index contributed by atoms with van der Waals surface area (Å²) in [6.07, 6.45) is 5.66. The van der Waals surface area contributed by atoms with Gasteiger partial charge in [0.2, 0.25) is 0 Å². The Hall–Kier alpha value is -1.04. The van der Waals surface area contributed by atoms with Gasteiger partial charge in [-0.15, -0.1) is 0 Å². The summed E-state index contributed by atoms with van der Waals surface area (Å²) >= 11 is 0. The zero-order valence-corrected chi connectivity index (χ0v) is 7.43. The van der Waals surface area contributed by atoms with E-state index >= 15 is 0 Å². The van der Waals surface area contributed by atoms with Gasteiger partial charge in [0, 0.05) is 0 Å². The van der Waals surface area contributed by atoms with Crippen molar-refractivity contribution in [2.75, 3.05) is 0 Å². The van der Waals surface area contributed by atoms with E-state index in [1.54, 1.807) is 0 Å². The molecule has 1 aromatic carbocycles. The Bertz CT molecular complexity index is 306. The lowest BCUT2D eigenvalue weighted by atomic mass is 10.0. The van der Waals surface area contributed by atoms with Crippen LogP contribution < -0.4 is 0 Å². The van der Waals surface area contributed by atoms with Crippen molar-refractivity contribution >= 4 is 0 Å². The summed E-state index contributed by atoms with van der Waals surface area (Å²) in [4.78, 5) is 0. The van der Waals surface area contributed by atoms with Gasteiger partial charge in [-0.3, -0.25) is 0 Å². The topological polar surface area (TPSA) is 0 Å². The van der Waals surface area contributed by atoms with E-state index in [1.807, 2.05) is 0 Å². The van der Waals surface area contributed by atoms with Gasteiger partial charge in [-0.25, -0.2) is 0 Å². The third kappa shape index (κ3) is 1.42. The molecular formula is C12H13. The van der Waals surface area contributed by atoms with Crippen LogP contribution in [-0.2, 0) is 0 Å². The van der Waals surface area contributed by atoms with E-state index in [0.717, 1.165) is 11.5 Å². The molecule has 1 fully saturated rings. The average Bonchev–Trinajstić information content (AvgIpc) is 2.85. The van der Waals surface area contributed by atoms with Crippen LogP contribution in [0.5, 0.6) is 0 Å². The fourth-order valence-corrected chi connectivity index (χ4v) is 1.57. The first kappa shape index (κ1) is 7.60. The molecule has 0 atom stereocenters. The standard InChI is InChI=1S/C12H13/c1-3-10-6-9(2)7-12(8-10)11-4-5-11/h6-8,11H,1,4-5H2,2H3. The zero-order valence-electron chi connectivity index (χ0n) is 7.43. The third-order valence-corrected chi connectivity index (χ3v) is 2.35. The van der Waals surface area contributed by atoms with Crippen molar-refractivity contribution < 1.29 is 0 Å². The highest BCUT2D eigenvalue weighted by molar-refractivity contribution is 5.36. The third-order valence-electron chi connectivity index (χ3n) is 2.35. The average molecular weight is 157 g/mol. The molecule has 0 nitrogen and oxygen atoms in total. The molecule has 1 aromatic rings. The number of rotatable bonds is 2. The predicted molar refractivity (Wildman–Crippen MR) is 51.1 cm³/mol. The van der Waals surface area contributed by atoms with E-state index < -0.39 is 0 Å². The molecule has 0 N–H and O–H groups in total. The molecule has 61 valence electrons. The fourth-order valence-electron chi connectivity index (χ4n) is 1.57. The summed E-state index contributed by atoms with van der Waals surface area (Å²) < 4.78 is 0. The van der Waals surface area contributed by atoms with Gasteiger partial charge in [0.1, 0.15) is 0 Å². The highest BCUT2D eigenvalue weighted by Crippen LogP contribution is 2.40. The van der Waals surface area contributed by atoms with Gasteiger partial charge in [0.05, 0.1) is 0 Å². The number of aryl methyl sites for hydroxylation is 1. The molecule has 0 aliphatic heterocycles. The van der Waals surface area contributed by atoms with Crippen LogP contribution in [0.2, 0.25) is 0 Å². The molecule has 0 bridgehead atoms. The Morgan fingerprint density at radius 2 is 2.08 bits per heavy atom. The molecule has 12 heavy (non-hydrogen) atoms. The van der Waals surface area contributed by atoms with Crippen LogP contribution in [0.1, 0.15) is 35.4 Å². The van der Waals surface area contributed by atoms with Crippen molar-refractivity contribution in [1.82, 2.24) is 0 Å². The van der Waals surface area contributed by atoms with Crippen molar-refractivity contribution in [3.05, 3.63) is 47.5 Å². The predicted octanol–water partition coefficient (Wildman–Crippen LogP) is 3.21. The van der Waals surface area contributed by atoms with Crippen LogP contribution in [0, 0.1) is 13.0 Å². The summed E-state index contributed by atoms with van der Waals surface area (Å²) in [5.74, 6) is 0.831. The molecule has 0 aromatic heterocycles. The number of hydrogen-bond donors (Lipinski definition) is 0. The van der Waals surface area contributed by atoms with Crippen LogP contribution in [0.25, 0.3) is 0 Å². The highest BCUT2D eigenvalue weighted by Gasteiger charge is 2.23. The molecule has 1 aliphatic carbocycles. The van der Waals surface area contributed by atoms with Gasteiger partial charge >= 0.3 is 0 Å². The molecule has 1 saturated carbocycles. The minimum atomic E-state index is 0.831. The Morgan fingerprint density at radius 1 is 1.33 bits per heavy atom. The van der Waals surface area contributed by atoms with Crippen molar-refractivity contribution in [2.24, 2.45) is 0 Å². The molecule has 1 aliphatic rings. The van der Waals surface area contributed by atoms with Crippen molar-refractivity contribution in [2.45, 2.75) is 25.7 Å². The Kier molecular flexibility index (Phi) is 1.76. The second kappa shape index (κ2) is 2.78. The lowest BCUT2D eigenvalue weighted by Crippen LogP contribution is -1.84. The SMILES string of the molecule is C=[C]c1cc(C)cc(C2CC2)c1. The lowest BCUT2D eigenvalue weighted by molar-refractivity contribution is 1.12. The van der Waals surface area contributed by atoms with Crippen molar-refractivity contribution in [3.8, 4) is 0 Å². The van der Waals surface area contributed by atoms with Gasteiger partial charge in [-0.2, -0.15) is 0 Å². The lowest BCUT2D eigenvalue weighted by Gasteiger charge is -2.02. The quantitative estimate of drug-likeness (QED) is 0.618. The smallest absolute Gasteiger partial charge is 0.0161 e. The molecule has 0 unspecified atom stereocenters. The second-order valence-electron chi connectivity index (χ2n) is 3.58. The monoisotopic (exact) mass is 157 g/mol. The first-order valence-corrected chi connectivity index (χ1v) is 4.44. The van der Waals surface area contributed by atoms with E-state index in [9.17, 15) is 0 Å². The first-order valence-electron chi connectivity index (χ1n) is 4.44. The van der Waals surface area contributed by atoms with Crippen LogP contribution >= 0.6 is 0 Å². The molecule has 0 saturated heterocycles. The maximum Gasteiger partial charge on any atom is -0.0161 e. The maximum absolute atomic E-state index is 3.67. The largest absolute Gasteiger partial charge is 0.0906 e. The van der Waals surface area contributed by atoms with E-state index in [-0.39, 0.29) is 0 Å². The minimum absolute atomic E-state index is 0.831. The molecule has 2 rings (SSSR count). The molecule has 0 heteroatoms. The minimum Gasteiger partial charge on any atom is -0.0906 e. The van der Waals surface area contributed by atoms with E-state index in [0.29, 0.717) is 0 Å². The molecule has 1 radical (unpaired) electrons. The highest BCUT2D eigenvalue weighted by atomic mass is 14.3. The Balaban J connectivity index is 2.40. The molecule has 0 amide bonds. The van der Waals surface area contributed by atoms with E-state index in [4.69, 9.17) is 0 Å². The number of hydrogen-bond acceptors (Lipinski definition) is 0. The van der Waals surface area contributed by atoms with Gasteiger partial charge in [0.25, 0.3) is 0 Å². The van der Waals surface area contributed by atoms with Gasteiger partial charge < -0.3 is 0 Å². The number of benzene rings is 1. The summed E-state index contributed by atoms with van der Waals surface area (Å²) in [5, 5.41) is 0. The van der Waals surface area contributed by atoms with E-state index in [2.05, 4.69) is 37.8 Å². The maximum atomic E-state index is 3.67. The fraction of sp³-hybridized carbons (Fsp3) is 0.333. The molecule has 0 heterocycles. The van der Waals surface area contributed by atoms with Crippen molar-refractivity contribution in [1.29, 1.82) is 0 Å². The van der Waals surface area contributed by atoms with Crippen LogP contribution in [0.4, 0.5) is 0 Å². The Morgan fingerprint density at radius 3 is 2.67 bits per heavy atom. The van der Waals surface area contributed by atoms with Crippen molar-refractivity contribution in [3.63, 3.8) is 0 Å². The summed E-state index contributed by atoms with van der Waals surface area (Å²) in [5.41, 5.74) is 3.93. The summed E-state index contributed by atoms with van der Waals surface area (Å²) in [6.45, 7) is 5.80. The molecular weight excluding hydrogens is 144 g/mol. The van der Waals surface area contributed by atoms with Gasteiger partial charge in [-0.1, -0.05) is 30.3 Å². The van der Waals surface area contributed by atoms with Crippen LogP contribution in [0.3, 0.4) is 0 Å². The first-order chi connectivity index (χ1) is 5.79. The van der Waals surface area contributed by atoms with E-state index in [1.165, 1.54) is 24.0 Å². The Labute approximate surface area is 73.9 Å². The van der Waals surface area contributed by atoms with Gasteiger partial charge in [0.15, 0.2) is 0 Å². The summed E-state index contributed by atoms with van der Waals surface area (Å²) in [6, 6.07) is 6.61. The summed E-state index contributed by atoms with van der Waals surface area (Å²) in [7, 11) is 0. The normalized spacial score (nSPS) is 16.1. The van der Waals surface area contributed by atoms with Gasteiger partial charge in [-0.05, 0) is 42.9 Å². The zero-order chi connectivity index (χ0) is 8.55. The second-order valence-corrected chi connectivity index (χ2v) is 3.58. The van der Waals surface area contributed by atoms with Crippen LogP contribution in [0.15, 0.2) is 24.8 Å². The van der Waals surface area contributed by atoms with Crippen LogP contribution in [-0.4, -0.2) is 0 Å².